The molecule has 2 aliphatic rings. The van der Waals surface area contributed by atoms with Crippen LogP contribution in [0.4, 0.5) is 4.79 Å². The number of carbonyl (C=O) groups excluding carboxylic acids is 3. The van der Waals surface area contributed by atoms with Gasteiger partial charge in [-0.15, -0.1) is 0 Å². The van der Waals surface area contributed by atoms with Crippen molar-refractivity contribution in [3.63, 3.8) is 0 Å². The monoisotopic (exact) mass is 461 g/mol. The fraction of sp³-hybridized carbons (Fsp3) is 0.370. The van der Waals surface area contributed by atoms with Gasteiger partial charge < -0.3 is 15.0 Å². The molecule has 2 aromatic carbocycles. The number of hydrogen-bond acceptors (Lipinski definition) is 4. The molecule has 7 nitrogen and oxygen atoms in total. The van der Waals surface area contributed by atoms with E-state index in [1.165, 1.54) is 0 Å². The van der Waals surface area contributed by atoms with E-state index in [9.17, 15) is 14.4 Å². The molecule has 0 bridgehead atoms. The van der Waals surface area contributed by atoms with Gasteiger partial charge >= 0.3 is 6.03 Å². The minimum absolute atomic E-state index is 0.280. The molecule has 1 saturated heterocycles. The summed E-state index contributed by atoms with van der Waals surface area (Å²) < 4.78 is 5.20. The maximum atomic E-state index is 13.8. The highest BCUT2D eigenvalue weighted by Gasteiger charge is 2.53. The molecule has 1 aliphatic heterocycles. The number of methoxy groups -OCH3 is 1. The second-order valence-electron chi connectivity index (χ2n) is 8.73. The predicted octanol–water partition coefficient (Wildman–Crippen LogP) is 3.61. The molecule has 34 heavy (non-hydrogen) atoms. The van der Waals surface area contributed by atoms with E-state index >= 15 is 0 Å². The van der Waals surface area contributed by atoms with Crippen LogP contribution in [0.3, 0.4) is 0 Å². The van der Waals surface area contributed by atoms with Crippen LogP contribution >= 0.6 is 0 Å². The number of imide groups is 1. The molecule has 1 aliphatic carbocycles. The van der Waals surface area contributed by atoms with Crippen molar-refractivity contribution >= 4 is 17.8 Å². The molecule has 1 atom stereocenters. The molecule has 178 valence electrons. The highest BCUT2D eigenvalue weighted by Crippen LogP contribution is 2.33. The number of allylic oxidation sites excluding steroid dienone is 2. The third kappa shape index (κ3) is 4.89. The number of benzene rings is 2. The molecule has 0 radical (unpaired) electrons. The van der Waals surface area contributed by atoms with Crippen LogP contribution in [-0.4, -0.2) is 54.5 Å². The molecule has 1 fully saturated rings. The Bertz CT molecular complexity index is 1050. The average Bonchev–Trinajstić information content (AvgIpc) is 3.11. The van der Waals surface area contributed by atoms with Gasteiger partial charge in [0.1, 0.15) is 6.54 Å². The maximum absolute atomic E-state index is 13.8. The molecular weight excluding hydrogens is 430 g/mol. The number of carbonyl (C=O) groups is 3. The quantitative estimate of drug-likeness (QED) is 0.579. The summed E-state index contributed by atoms with van der Waals surface area (Å²) in [7, 11) is 1.59. The molecular formula is C27H31N3O4. The first kappa shape index (κ1) is 23.7. The first-order valence-electron chi connectivity index (χ1n) is 11.8. The van der Waals surface area contributed by atoms with Crippen LogP contribution in [0.15, 0.2) is 72.4 Å². The zero-order valence-electron chi connectivity index (χ0n) is 19.5. The van der Waals surface area contributed by atoms with Gasteiger partial charge in [0.25, 0.3) is 5.91 Å². The normalized spacial score (nSPS) is 20.1. The summed E-state index contributed by atoms with van der Waals surface area (Å²) in [6.07, 6.45) is 6.21. The summed E-state index contributed by atoms with van der Waals surface area (Å²) >= 11 is 0. The third-order valence-electron chi connectivity index (χ3n) is 6.48. The van der Waals surface area contributed by atoms with E-state index in [1.807, 2.05) is 60.7 Å². The number of nitrogens with zero attached hydrogens (tertiary/aromatic N) is 2. The summed E-state index contributed by atoms with van der Waals surface area (Å²) in [5.74, 6) is -0.692. The molecule has 0 saturated carbocycles. The van der Waals surface area contributed by atoms with E-state index in [2.05, 4.69) is 11.4 Å². The Labute approximate surface area is 200 Å². The lowest BCUT2D eigenvalue weighted by Crippen LogP contribution is -2.47. The second kappa shape index (κ2) is 10.7. The van der Waals surface area contributed by atoms with Gasteiger partial charge in [-0.05, 0) is 36.8 Å². The Balaban J connectivity index is 1.61. The first-order valence-corrected chi connectivity index (χ1v) is 11.8. The third-order valence-corrected chi connectivity index (χ3v) is 6.48. The Morgan fingerprint density at radius 1 is 1.06 bits per heavy atom. The van der Waals surface area contributed by atoms with E-state index in [0.717, 1.165) is 41.8 Å². The number of rotatable bonds is 9. The molecule has 7 heteroatoms. The van der Waals surface area contributed by atoms with Gasteiger partial charge in [-0.3, -0.25) is 14.5 Å². The van der Waals surface area contributed by atoms with Crippen LogP contribution in [0.25, 0.3) is 0 Å². The average molecular weight is 462 g/mol. The SMILES string of the molecule is COCCN(C(=O)CN1C(=O)NC(Cc2ccccc2)(c2ccccc2)C1=O)C1=CCCCC1. The van der Waals surface area contributed by atoms with Crippen molar-refractivity contribution in [2.45, 2.75) is 37.6 Å². The number of ether oxygens (including phenoxy) is 1. The lowest BCUT2D eigenvalue weighted by molar-refractivity contribution is -0.138. The lowest BCUT2D eigenvalue weighted by Gasteiger charge is -2.30. The standard InChI is InChI=1S/C27H31N3O4/c1-34-18-17-29(23-15-9-4-10-16-23)24(31)20-30-25(32)27(28-26(30)33,22-13-7-3-8-14-22)19-21-11-5-2-6-12-21/h2-3,5-8,11-15H,4,9-10,16-20H2,1H3,(H,28,33). The Kier molecular flexibility index (Phi) is 7.43. The molecule has 1 N–H and O–H groups in total. The molecule has 0 spiro atoms. The van der Waals surface area contributed by atoms with Crippen LogP contribution in [0, 0.1) is 0 Å². The maximum Gasteiger partial charge on any atom is 0.325 e. The van der Waals surface area contributed by atoms with E-state index in [0.29, 0.717) is 25.1 Å². The molecule has 1 unspecified atom stereocenters. The molecule has 4 amide bonds. The Hall–Kier alpha value is -3.45. The second-order valence-corrected chi connectivity index (χ2v) is 8.73. The van der Waals surface area contributed by atoms with Crippen molar-refractivity contribution in [2.75, 3.05) is 26.8 Å². The summed E-state index contributed by atoms with van der Waals surface area (Å²) in [6, 6.07) is 18.3. The minimum atomic E-state index is -1.26. The van der Waals surface area contributed by atoms with Gasteiger partial charge in [0.05, 0.1) is 6.61 Å². The number of nitrogens with one attached hydrogen (secondary N) is 1. The summed E-state index contributed by atoms with van der Waals surface area (Å²) in [5.41, 5.74) is 1.29. The number of amides is 4. The summed E-state index contributed by atoms with van der Waals surface area (Å²) in [6.45, 7) is 0.457. The van der Waals surface area contributed by atoms with Gasteiger partial charge in [0, 0.05) is 25.8 Å². The van der Waals surface area contributed by atoms with Crippen molar-refractivity contribution in [3.05, 3.63) is 83.6 Å². The number of urea groups is 1. The van der Waals surface area contributed by atoms with Gasteiger partial charge in [-0.2, -0.15) is 0 Å². The summed E-state index contributed by atoms with van der Waals surface area (Å²) in [5, 5.41) is 2.93. The van der Waals surface area contributed by atoms with E-state index in [-0.39, 0.29) is 12.5 Å². The van der Waals surface area contributed by atoms with Crippen molar-refractivity contribution in [1.29, 1.82) is 0 Å². The largest absolute Gasteiger partial charge is 0.383 e. The van der Waals surface area contributed by atoms with E-state index in [1.54, 1.807) is 12.0 Å². The smallest absolute Gasteiger partial charge is 0.325 e. The van der Waals surface area contributed by atoms with E-state index < -0.39 is 17.5 Å². The van der Waals surface area contributed by atoms with Crippen LogP contribution in [-0.2, 0) is 26.3 Å². The van der Waals surface area contributed by atoms with Gasteiger partial charge in [0.2, 0.25) is 5.91 Å². The number of hydrogen-bond donors (Lipinski definition) is 1. The zero-order valence-corrected chi connectivity index (χ0v) is 19.5. The lowest BCUT2D eigenvalue weighted by atomic mass is 9.83. The fourth-order valence-corrected chi connectivity index (χ4v) is 4.71. The predicted molar refractivity (Wildman–Crippen MR) is 129 cm³/mol. The van der Waals surface area contributed by atoms with Crippen LogP contribution < -0.4 is 5.32 Å². The van der Waals surface area contributed by atoms with E-state index in [4.69, 9.17) is 4.74 Å². The van der Waals surface area contributed by atoms with Crippen LogP contribution in [0.2, 0.25) is 0 Å². The fourth-order valence-electron chi connectivity index (χ4n) is 4.71. The molecule has 1 heterocycles. The van der Waals surface area contributed by atoms with Gasteiger partial charge in [-0.25, -0.2) is 4.79 Å². The Morgan fingerprint density at radius 3 is 2.41 bits per heavy atom. The summed E-state index contributed by atoms with van der Waals surface area (Å²) in [4.78, 5) is 43.0. The van der Waals surface area contributed by atoms with Gasteiger partial charge in [0.15, 0.2) is 5.54 Å². The van der Waals surface area contributed by atoms with Crippen LogP contribution in [0.5, 0.6) is 0 Å². The van der Waals surface area contributed by atoms with Crippen molar-refractivity contribution < 1.29 is 19.1 Å². The molecule has 2 aromatic rings. The zero-order chi connectivity index (χ0) is 24.0. The van der Waals surface area contributed by atoms with Crippen LogP contribution in [0.1, 0.15) is 36.8 Å². The molecule has 0 aromatic heterocycles. The van der Waals surface area contributed by atoms with Crippen molar-refractivity contribution in [1.82, 2.24) is 15.1 Å². The topological polar surface area (TPSA) is 79.0 Å². The van der Waals surface area contributed by atoms with Crippen molar-refractivity contribution in [2.24, 2.45) is 0 Å². The first-order chi connectivity index (χ1) is 16.5. The molecule has 4 rings (SSSR count). The Morgan fingerprint density at radius 2 is 1.76 bits per heavy atom. The highest BCUT2D eigenvalue weighted by atomic mass is 16.5. The van der Waals surface area contributed by atoms with Crippen molar-refractivity contribution in [3.8, 4) is 0 Å². The highest BCUT2D eigenvalue weighted by molar-refractivity contribution is 6.09. The van der Waals surface area contributed by atoms with Gasteiger partial charge in [-0.1, -0.05) is 66.7 Å². The minimum Gasteiger partial charge on any atom is -0.383 e.